The van der Waals surface area contributed by atoms with Crippen LogP contribution in [0.5, 0.6) is 0 Å². The molecule has 7 heteroatoms. The molecule has 0 radical (unpaired) electrons. The van der Waals surface area contributed by atoms with Crippen molar-refractivity contribution in [3.63, 3.8) is 0 Å². The number of carbonyl (C=O) groups excluding carboxylic acids is 2. The second-order valence-corrected chi connectivity index (χ2v) is 10.1. The molecule has 31 heavy (non-hydrogen) atoms. The Bertz CT molecular complexity index is 1050. The minimum Gasteiger partial charge on any atom is -0.312 e. The third-order valence-corrected chi connectivity index (χ3v) is 7.72. The number of benzene rings is 2. The summed E-state index contributed by atoms with van der Waals surface area (Å²) in [5.41, 5.74) is 3.59. The second kappa shape index (κ2) is 9.32. The molecule has 1 saturated heterocycles. The van der Waals surface area contributed by atoms with Gasteiger partial charge < -0.3 is 4.90 Å². The fraction of sp³-hybridized carbons (Fsp3) is 0.417. The fourth-order valence-electron chi connectivity index (χ4n) is 4.15. The number of carbonyl (C=O) groups is 2. The lowest BCUT2D eigenvalue weighted by molar-refractivity contribution is -0.123. The van der Waals surface area contributed by atoms with Crippen molar-refractivity contribution in [2.24, 2.45) is 5.92 Å². The monoisotopic (exact) mass is 442 g/mol. The molecule has 1 amide bonds. The van der Waals surface area contributed by atoms with Gasteiger partial charge in [-0.05, 0) is 75.9 Å². The van der Waals surface area contributed by atoms with Crippen LogP contribution in [0.3, 0.4) is 0 Å². The van der Waals surface area contributed by atoms with Crippen LogP contribution in [0.1, 0.15) is 48.2 Å². The molecule has 2 aromatic rings. The van der Waals surface area contributed by atoms with Gasteiger partial charge in [0.05, 0.1) is 4.90 Å². The predicted molar refractivity (Wildman–Crippen MR) is 122 cm³/mol. The molecule has 1 fully saturated rings. The van der Waals surface area contributed by atoms with E-state index in [-0.39, 0.29) is 22.5 Å². The van der Waals surface area contributed by atoms with Crippen LogP contribution in [0.25, 0.3) is 0 Å². The molecule has 0 atom stereocenters. The SMILES string of the molecule is CCN(C(=O)C1CCN(S(=O)(=O)c2ccc(C(C)=O)cc2)CC1)c1cc(C)cc(C)c1. The summed E-state index contributed by atoms with van der Waals surface area (Å²) in [6.07, 6.45) is 0.982. The van der Waals surface area contributed by atoms with E-state index in [1.54, 1.807) is 4.90 Å². The van der Waals surface area contributed by atoms with Gasteiger partial charge in [-0.2, -0.15) is 4.31 Å². The van der Waals surface area contributed by atoms with Gasteiger partial charge in [-0.1, -0.05) is 18.2 Å². The van der Waals surface area contributed by atoms with Gasteiger partial charge in [0.1, 0.15) is 0 Å². The number of amides is 1. The Hall–Kier alpha value is -2.51. The van der Waals surface area contributed by atoms with E-state index in [9.17, 15) is 18.0 Å². The molecule has 0 bridgehead atoms. The first-order chi connectivity index (χ1) is 14.6. The Kier molecular flexibility index (Phi) is 6.96. The average molecular weight is 443 g/mol. The maximum Gasteiger partial charge on any atom is 0.243 e. The summed E-state index contributed by atoms with van der Waals surface area (Å²) in [7, 11) is -3.65. The molecular formula is C24H30N2O4S. The van der Waals surface area contributed by atoms with Gasteiger partial charge in [0.2, 0.25) is 15.9 Å². The van der Waals surface area contributed by atoms with Crippen molar-refractivity contribution in [1.82, 2.24) is 4.31 Å². The zero-order chi connectivity index (χ0) is 22.8. The molecule has 0 spiro atoms. The molecule has 0 N–H and O–H groups in total. The number of hydrogen-bond donors (Lipinski definition) is 0. The van der Waals surface area contributed by atoms with E-state index in [1.807, 2.05) is 32.9 Å². The van der Waals surface area contributed by atoms with Crippen LogP contribution >= 0.6 is 0 Å². The fourth-order valence-corrected chi connectivity index (χ4v) is 5.62. The lowest BCUT2D eigenvalue weighted by atomic mass is 9.96. The minimum absolute atomic E-state index is 0.0513. The highest BCUT2D eigenvalue weighted by Crippen LogP contribution is 2.28. The highest BCUT2D eigenvalue weighted by atomic mass is 32.2. The van der Waals surface area contributed by atoms with Crippen LogP contribution < -0.4 is 4.90 Å². The van der Waals surface area contributed by atoms with Gasteiger partial charge in [-0.15, -0.1) is 0 Å². The molecule has 1 aliphatic heterocycles. The number of rotatable bonds is 6. The molecule has 3 rings (SSSR count). The summed E-state index contributed by atoms with van der Waals surface area (Å²) < 4.78 is 27.4. The molecule has 166 valence electrons. The first kappa shape index (κ1) is 23.2. The van der Waals surface area contributed by atoms with E-state index in [2.05, 4.69) is 6.07 Å². The van der Waals surface area contributed by atoms with Crippen LogP contribution in [0.4, 0.5) is 5.69 Å². The zero-order valence-corrected chi connectivity index (χ0v) is 19.4. The molecule has 1 aliphatic rings. The number of anilines is 1. The van der Waals surface area contributed by atoms with E-state index < -0.39 is 10.0 Å². The number of hydrogen-bond acceptors (Lipinski definition) is 4. The van der Waals surface area contributed by atoms with Crippen LogP contribution in [-0.2, 0) is 14.8 Å². The maximum atomic E-state index is 13.2. The number of ketones is 1. The normalized spacial score (nSPS) is 15.6. The second-order valence-electron chi connectivity index (χ2n) is 8.19. The first-order valence-electron chi connectivity index (χ1n) is 10.6. The van der Waals surface area contributed by atoms with E-state index in [0.29, 0.717) is 38.0 Å². The van der Waals surface area contributed by atoms with E-state index in [0.717, 1.165) is 16.8 Å². The minimum atomic E-state index is -3.65. The summed E-state index contributed by atoms with van der Waals surface area (Å²) in [4.78, 5) is 26.6. The van der Waals surface area contributed by atoms with Gasteiger partial charge in [-0.3, -0.25) is 9.59 Å². The van der Waals surface area contributed by atoms with Crippen molar-refractivity contribution in [3.8, 4) is 0 Å². The van der Waals surface area contributed by atoms with Gasteiger partial charge in [0.15, 0.2) is 5.78 Å². The Morgan fingerprint density at radius 3 is 2.03 bits per heavy atom. The van der Waals surface area contributed by atoms with Crippen molar-refractivity contribution < 1.29 is 18.0 Å². The zero-order valence-electron chi connectivity index (χ0n) is 18.6. The number of piperidine rings is 1. The lowest BCUT2D eigenvalue weighted by Crippen LogP contribution is -2.44. The van der Waals surface area contributed by atoms with Crippen molar-refractivity contribution in [3.05, 3.63) is 59.2 Å². The molecule has 2 aromatic carbocycles. The summed E-state index contributed by atoms with van der Waals surface area (Å²) in [6, 6.07) is 12.1. The van der Waals surface area contributed by atoms with Gasteiger partial charge >= 0.3 is 0 Å². The quantitative estimate of drug-likeness (QED) is 0.635. The summed E-state index contributed by atoms with van der Waals surface area (Å²) in [6.45, 7) is 8.61. The van der Waals surface area contributed by atoms with Gasteiger partial charge in [0, 0.05) is 36.8 Å². The smallest absolute Gasteiger partial charge is 0.243 e. The van der Waals surface area contributed by atoms with Crippen molar-refractivity contribution >= 4 is 27.4 Å². The summed E-state index contributed by atoms with van der Waals surface area (Å²) in [5.74, 6) is -0.254. The van der Waals surface area contributed by atoms with E-state index >= 15 is 0 Å². The Morgan fingerprint density at radius 1 is 1.00 bits per heavy atom. The molecule has 0 aliphatic carbocycles. The highest BCUT2D eigenvalue weighted by Gasteiger charge is 2.34. The Morgan fingerprint density at radius 2 is 1.55 bits per heavy atom. The molecular weight excluding hydrogens is 412 g/mol. The standard InChI is InChI=1S/C24H30N2O4S/c1-5-26(22-15-17(2)14-18(3)16-22)24(28)21-10-12-25(13-11-21)31(29,30)23-8-6-20(7-9-23)19(4)27/h6-9,14-16,21H,5,10-13H2,1-4H3. The van der Waals surface area contributed by atoms with Crippen LogP contribution in [0.2, 0.25) is 0 Å². The molecule has 0 aromatic heterocycles. The summed E-state index contributed by atoms with van der Waals surface area (Å²) >= 11 is 0. The predicted octanol–water partition coefficient (Wildman–Crippen LogP) is 3.96. The van der Waals surface area contributed by atoms with Crippen LogP contribution in [0, 0.1) is 19.8 Å². The third kappa shape index (κ3) is 5.05. The molecule has 0 saturated carbocycles. The molecule has 1 heterocycles. The summed E-state index contributed by atoms with van der Waals surface area (Å²) in [5, 5.41) is 0. The lowest BCUT2D eigenvalue weighted by Gasteiger charge is -2.33. The number of nitrogens with zero attached hydrogens (tertiary/aromatic N) is 2. The Labute approximate surface area is 184 Å². The largest absolute Gasteiger partial charge is 0.312 e. The van der Waals surface area contributed by atoms with Crippen LogP contribution in [-0.4, -0.2) is 44.0 Å². The topological polar surface area (TPSA) is 74.8 Å². The number of Topliss-reactive ketones (excluding diaryl/α,β-unsaturated/α-hetero) is 1. The first-order valence-corrected chi connectivity index (χ1v) is 12.1. The number of aryl methyl sites for hydroxylation is 2. The van der Waals surface area contributed by atoms with Crippen molar-refractivity contribution in [1.29, 1.82) is 0 Å². The maximum absolute atomic E-state index is 13.2. The van der Waals surface area contributed by atoms with Gasteiger partial charge in [0.25, 0.3) is 0 Å². The molecule has 6 nitrogen and oxygen atoms in total. The van der Waals surface area contributed by atoms with Crippen LogP contribution in [0.15, 0.2) is 47.4 Å². The van der Waals surface area contributed by atoms with Crippen molar-refractivity contribution in [2.75, 3.05) is 24.5 Å². The number of sulfonamides is 1. The van der Waals surface area contributed by atoms with Crippen molar-refractivity contribution in [2.45, 2.75) is 45.4 Å². The average Bonchev–Trinajstić information content (AvgIpc) is 2.73. The van der Waals surface area contributed by atoms with E-state index in [1.165, 1.54) is 35.5 Å². The van der Waals surface area contributed by atoms with E-state index in [4.69, 9.17) is 0 Å². The van der Waals surface area contributed by atoms with Gasteiger partial charge in [-0.25, -0.2) is 8.42 Å². The Balaban J connectivity index is 1.70. The third-order valence-electron chi connectivity index (χ3n) is 5.80. The molecule has 0 unspecified atom stereocenters. The highest BCUT2D eigenvalue weighted by molar-refractivity contribution is 7.89.